The van der Waals surface area contributed by atoms with E-state index < -0.39 is 0 Å². The molecule has 1 atom stereocenters. The molecule has 2 rings (SSSR count). The van der Waals surface area contributed by atoms with Crippen LogP contribution in [0.5, 0.6) is 0 Å². The first-order valence-electron chi connectivity index (χ1n) is 4.14. The molecule has 1 unspecified atom stereocenters. The van der Waals surface area contributed by atoms with E-state index in [4.69, 9.17) is 0 Å². The largest absolute Gasteiger partial charge is 1.00 e. The molecule has 0 radical (unpaired) electrons. The molecular formula is C9H14ClN. The number of hydrogen-bond acceptors (Lipinski definition) is 0. The molecule has 0 bridgehead atoms. The predicted octanol–water partition coefficient (Wildman–Crippen LogP) is -2.54. The van der Waals surface area contributed by atoms with Crippen LogP contribution in [0.3, 0.4) is 0 Å². The number of hydrogen-bond donors (Lipinski definition) is 1. The zero-order valence-electron chi connectivity index (χ0n) is 6.59. The highest BCUT2D eigenvalue weighted by Gasteiger charge is 2.20. The van der Waals surface area contributed by atoms with Gasteiger partial charge in [0.15, 0.2) is 0 Å². The minimum Gasteiger partial charge on any atom is -1.00 e. The van der Waals surface area contributed by atoms with Gasteiger partial charge in [0.25, 0.3) is 0 Å². The van der Waals surface area contributed by atoms with E-state index in [1.807, 2.05) is 0 Å². The monoisotopic (exact) mass is 171 g/mol. The molecule has 0 aromatic carbocycles. The molecule has 1 nitrogen and oxygen atoms in total. The standard InChI is InChI=1S/C9H13N.ClH/c1-2-4-9-7-10-6-5-8(9)3-1;/h1-2,4,8,10H,3,5-7H2;1H. The van der Waals surface area contributed by atoms with Crippen LogP contribution >= 0.6 is 0 Å². The summed E-state index contributed by atoms with van der Waals surface area (Å²) in [5, 5.41) is 2.40. The minimum atomic E-state index is 0. The Morgan fingerprint density at radius 2 is 2.36 bits per heavy atom. The summed E-state index contributed by atoms with van der Waals surface area (Å²) in [4.78, 5) is 0. The number of rotatable bonds is 0. The van der Waals surface area contributed by atoms with Gasteiger partial charge in [-0.2, -0.15) is 0 Å². The summed E-state index contributed by atoms with van der Waals surface area (Å²) in [6.07, 6.45) is 9.46. The molecule has 0 aromatic rings. The molecule has 1 saturated heterocycles. The third kappa shape index (κ3) is 1.85. The Kier molecular flexibility index (Phi) is 3.16. The minimum absolute atomic E-state index is 0. The van der Waals surface area contributed by atoms with E-state index in [0.717, 1.165) is 5.92 Å². The quantitative estimate of drug-likeness (QED) is 0.414. The van der Waals surface area contributed by atoms with Gasteiger partial charge in [-0.1, -0.05) is 18.2 Å². The summed E-state index contributed by atoms with van der Waals surface area (Å²) in [5.74, 6) is 0.898. The van der Waals surface area contributed by atoms with Gasteiger partial charge in [-0.15, -0.1) is 0 Å². The van der Waals surface area contributed by atoms with Crippen LogP contribution in [-0.4, -0.2) is 13.1 Å². The SMILES string of the molecule is C1=CCC2CC[NH2+]CC2=C1.[Cl-]. The molecular weight excluding hydrogens is 158 g/mol. The van der Waals surface area contributed by atoms with Gasteiger partial charge in [0.2, 0.25) is 0 Å². The molecule has 1 aliphatic carbocycles. The number of quaternary nitrogens is 1. The maximum atomic E-state index is 2.40. The van der Waals surface area contributed by atoms with E-state index in [0.29, 0.717) is 0 Å². The summed E-state index contributed by atoms with van der Waals surface area (Å²) in [7, 11) is 0. The Morgan fingerprint density at radius 1 is 1.45 bits per heavy atom. The first-order chi connectivity index (χ1) is 4.97. The molecule has 0 aromatic heterocycles. The summed E-state index contributed by atoms with van der Waals surface area (Å²) in [6, 6.07) is 0. The van der Waals surface area contributed by atoms with E-state index in [2.05, 4.69) is 23.5 Å². The van der Waals surface area contributed by atoms with Crippen LogP contribution in [0.15, 0.2) is 23.8 Å². The van der Waals surface area contributed by atoms with Crippen LogP contribution in [0, 0.1) is 5.92 Å². The van der Waals surface area contributed by atoms with Crippen LogP contribution in [0.1, 0.15) is 12.8 Å². The van der Waals surface area contributed by atoms with Gasteiger partial charge in [-0.25, -0.2) is 0 Å². The Labute approximate surface area is 74.0 Å². The van der Waals surface area contributed by atoms with E-state index in [-0.39, 0.29) is 12.4 Å². The van der Waals surface area contributed by atoms with Crippen molar-refractivity contribution < 1.29 is 17.7 Å². The summed E-state index contributed by atoms with van der Waals surface area (Å²) in [5.41, 5.74) is 1.66. The zero-order valence-corrected chi connectivity index (χ0v) is 7.35. The highest BCUT2D eigenvalue weighted by atomic mass is 35.5. The van der Waals surface area contributed by atoms with Gasteiger partial charge in [0.05, 0.1) is 13.1 Å². The summed E-state index contributed by atoms with van der Waals surface area (Å²) in [6.45, 7) is 2.57. The van der Waals surface area contributed by atoms with Crippen LogP contribution < -0.4 is 17.7 Å². The summed E-state index contributed by atoms with van der Waals surface area (Å²) >= 11 is 0. The highest BCUT2D eigenvalue weighted by molar-refractivity contribution is 5.21. The lowest BCUT2D eigenvalue weighted by Crippen LogP contribution is -3.00. The van der Waals surface area contributed by atoms with Gasteiger partial charge in [-0.05, 0) is 17.9 Å². The summed E-state index contributed by atoms with van der Waals surface area (Å²) < 4.78 is 0. The first kappa shape index (κ1) is 8.82. The van der Waals surface area contributed by atoms with Crippen molar-refractivity contribution in [3.63, 3.8) is 0 Å². The smallest absolute Gasteiger partial charge is 0.0978 e. The van der Waals surface area contributed by atoms with E-state index in [9.17, 15) is 0 Å². The van der Waals surface area contributed by atoms with Crippen LogP contribution in [0.4, 0.5) is 0 Å². The number of piperidine rings is 1. The van der Waals surface area contributed by atoms with Crippen molar-refractivity contribution in [2.24, 2.45) is 5.92 Å². The van der Waals surface area contributed by atoms with Crippen LogP contribution in [0.25, 0.3) is 0 Å². The van der Waals surface area contributed by atoms with E-state index in [1.54, 1.807) is 5.57 Å². The Hall–Kier alpha value is -0.270. The molecule has 1 heterocycles. The average molecular weight is 172 g/mol. The molecule has 0 spiro atoms. The topological polar surface area (TPSA) is 16.6 Å². The second-order valence-corrected chi connectivity index (χ2v) is 3.17. The Bertz CT molecular complexity index is 184. The van der Waals surface area contributed by atoms with Gasteiger partial charge >= 0.3 is 0 Å². The normalized spacial score (nSPS) is 28.4. The van der Waals surface area contributed by atoms with Crippen molar-refractivity contribution >= 4 is 0 Å². The van der Waals surface area contributed by atoms with E-state index in [1.165, 1.54) is 25.9 Å². The number of fused-ring (bicyclic) bond motifs is 1. The molecule has 0 amide bonds. The third-order valence-corrected chi connectivity index (χ3v) is 2.49. The van der Waals surface area contributed by atoms with Gasteiger partial charge in [-0.3, -0.25) is 0 Å². The molecule has 1 aliphatic heterocycles. The third-order valence-electron chi connectivity index (χ3n) is 2.49. The van der Waals surface area contributed by atoms with Crippen molar-refractivity contribution in [1.82, 2.24) is 0 Å². The molecule has 11 heavy (non-hydrogen) atoms. The average Bonchev–Trinajstić information content (AvgIpc) is 2.05. The van der Waals surface area contributed by atoms with Crippen molar-refractivity contribution in [3.05, 3.63) is 23.8 Å². The van der Waals surface area contributed by atoms with Gasteiger partial charge in [0, 0.05) is 6.42 Å². The van der Waals surface area contributed by atoms with Gasteiger partial charge < -0.3 is 17.7 Å². The lowest BCUT2D eigenvalue weighted by atomic mass is 9.86. The Morgan fingerprint density at radius 3 is 3.18 bits per heavy atom. The highest BCUT2D eigenvalue weighted by Crippen LogP contribution is 2.23. The van der Waals surface area contributed by atoms with Crippen molar-refractivity contribution in [2.75, 3.05) is 13.1 Å². The fraction of sp³-hybridized carbons (Fsp3) is 0.556. The fourth-order valence-corrected chi connectivity index (χ4v) is 1.85. The molecule has 1 fully saturated rings. The van der Waals surface area contributed by atoms with Crippen LogP contribution in [0.2, 0.25) is 0 Å². The van der Waals surface area contributed by atoms with Crippen molar-refractivity contribution in [3.8, 4) is 0 Å². The molecule has 62 valence electrons. The maximum absolute atomic E-state index is 2.40. The predicted molar refractivity (Wildman–Crippen MR) is 41.6 cm³/mol. The molecule has 2 heteroatoms. The second-order valence-electron chi connectivity index (χ2n) is 3.17. The van der Waals surface area contributed by atoms with Gasteiger partial charge in [0.1, 0.15) is 0 Å². The molecule has 2 aliphatic rings. The lowest BCUT2D eigenvalue weighted by Gasteiger charge is -2.24. The second kappa shape index (κ2) is 3.93. The lowest BCUT2D eigenvalue weighted by molar-refractivity contribution is -0.655. The van der Waals surface area contributed by atoms with Crippen LogP contribution in [-0.2, 0) is 0 Å². The molecule has 0 saturated carbocycles. The molecule has 2 N–H and O–H groups in total. The van der Waals surface area contributed by atoms with Crippen molar-refractivity contribution in [1.29, 1.82) is 0 Å². The number of allylic oxidation sites excluding steroid dienone is 3. The fourth-order valence-electron chi connectivity index (χ4n) is 1.85. The Balaban J connectivity index is 0.000000605. The maximum Gasteiger partial charge on any atom is 0.0978 e. The number of halogens is 1. The first-order valence-corrected chi connectivity index (χ1v) is 4.14. The zero-order chi connectivity index (χ0) is 6.81. The van der Waals surface area contributed by atoms with Crippen molar-refractivity contribution in [2.45, 2.75) is 12.8 Å². The van der Waals surface area contributed by atoms with E-state index >= 15 is 0 Å². The number of nitrogens with two attached hydrogens (primary N) is 1.